The number of hydrogen-bond acceptors (Lipinski definition) is 0. The van der Waals surface area contributed by atoms with Crippen LogP contribution in [0.4, 0.5) is 0 Å². The van der Waals surface area contributed by atoms with Gasteiger partial charge in [0.15, 0.2) is 0 Å². The number of rotatable bonds is 2. The minimum absolute atomic E-state index is 0.182. The lowest BCUT2D eigenvalue weighted by Gasteiger charge is -2.08. The van der Waals surface area contributed by atoms with Gasteiger partial charge in [-0.1, -0.05) is 20.8 Å². The van der Waals surface area contributed by atoms with Gasteiger partial charge < -0.3 is 0 Å². The zero-order valence-electron chi connectivity index (χ0n) is 7.87. The van der Waals surface area contributed by atoms with Gasteiger partial charge in [-0.25, -0.2) is 0 Å². The molecule has 0 atom stereocenters. The van der Waals surface area contributed by atoms with Gasteiger partial charge in [0.25, 0.3) is 0 Å². The van der Waals surface area contributed by atoms with Crippen molar-refractivity contribution < 1.29 is 5.10 Å². The first kappa shape index (κ1) is 9.59. The Morgan fingerprint density at radius 2 is 2.17 bits per heavy atom. The highest BCUT2D eigenvalue weighted by atomic mass is 35.5. The van der Waals surface area contributed by atoms with E-state index in [1.807, 2.05) is 0 Å². The van der Waals surface area contributed by atoms with Gasteiger partial charge in [-0.15, -0.1) is 16.7 Å². The van der Waals surface area contributed by atoms with E-state index in [0.29, 0.717) is 5.88 Å². The molecule has 0 radical (unpaired) electrons. The summed E-state index contributed by atoms with van der Waals surface area (Å²) >= 11 is 5.63. The lowest BCUT2D eigenvalue weighted by Crippen LogP contribution is -2.22. The monoisotopic (exact) mass is 187 g/mol. The van der Waals surface area contributed by atoms with Gasteiger partial charge in [0.1, 0.15) is 0 Å². The van der Waals surface area contributed by atoms with E-state index in [1.54, 1.807) is 0 Å². The van der Waals surface area contributed by atoms with E-state index in [4.69, 9.17) is 11.6 Å². The zero-order valence-corrected chi connectivity index (χ0v) is 8.63. The topological polar surface area (TPSA) is 29.9 Å². The van der Waals surface area contributed by atoms with Crippen LogP contribution in [0.3, 0.4) is 0 Å². The van der Waals surface area contributed by atoms with Crippen LogP contribution in [0.25, 0.3) is 0 Å². The zero-order chi connectivity index (χ0) is 9.19. The summed E-state index contributed by atoms with van der Waals surface area (Å²) in [7, 11) is 0. The van der Waals surface area contributed by atoms with Crippen molar-refractivity contribution >= 4 is 11.6 Å². The molecule has 0 aliphatic heterocycles. The standard InChI is InChI=1S/C9H15ClN2/c1-9(2,3)8-6-7(4-5-10)11-12-8/h6H,4-5H2,1-3H3,(H,11,12)/p+1. The molecule has 1 heterocycles. The quantitative estimate of drug-likeness (QED) is 0.686. The van der Waals surface area contributed by atoms with Gasteiger partial charge in [-0.2, -0.15) is 5.10 Å². The summed E-state index contributed by atoms with van der Waals surface area (Å²) in [5, 5.41) is 6.25. The maximum atomic E-state index is 5.63. The van der Waals surface area contributed by atoms with Gasteiger partial charge in [0, 0.05) is 23.8 Å². The molecule has 0 bridgehead atoms. The molecule has 0 aliphatic carbocycles. The van der Waals surface area contributed by atoms with Gasteiger partial charge in [-0.3, -0.25) is 0 Å². The molecule has 0 amide bonds. The lowest BCUT2D eigenvalue weighted by molar-refractivity contribution is -0.465. The molecule has 0 aromatic carbocycles. The van der Waals surface area contributed by atoms with E-state index in [1.165, 1.54) is 11.4 Å². The number of nitrogens with one attached hydrogen (secondary N) is 2. The maximum absolute atomic E-state index is 5.63. The maximum Gasteiger partial charge on any atom is 0.210 e. The second kappa shape index (κ2) is 3.48. The third-order valence-electron chi connectivity index (χ3n) is 1.85. The van der Waals surface area contributed by atoms with Gasteiger partial charge >= 0.3 is 0 Å². The van der Waals surface area contributed by atoms with Crippen LogP contribution in [0.2, 0.25) is 0 Å². The summed E-state index contributed by atoms with van der Waals surface area (Å²) < 4.78 is 0. The number of H-pyrrole nitrogens is 2. The van der Waals surface area contributed by atoms with Crippen LogP contribution >= 0.6 is 11.6 Å². The second-order valence-electron chi connectivity index (χ2n) is 4.02. The minimum Gasteiger partial charge on any atom is -0.172 e. The Balaban J connectivity index is 2.77. The average molecular weight is 188 g/mol. The molecule has 1 aromatic rings. The van der Waals surface area contributed by atoms with Crippen LogP contribution in [-0.2, 0) is 11.8 Å². The number of aryl methyl sites for hydroxylation is 1. The fourth-order valence-corrected chi connectivity index (χ4v) is 1.24. The van der Waals surface area contributed by atoms with Crippen molar-refractivity contribution in [3.8, 4) is 0 Å². The fourth-order valence-electron chi connectivity index (χ4n) is 1.03. The normalized spacial score (nSPS) is 12.0. The Labute approximate surface area is 78.3 Å². The van der Waals surface area contributed by atoms with E-state index in [9.17, 15) is 0 Å². The van der Waals surface area contributed by atoms with Crippen molar-refractivity contribution in [2.75, 3.05) is 5.88 Å². The van der Waals surface area contributed by atoms with Gasteiger partial charge in [0.05, 0.1) is 5.69 Å². The molecule has 3 heteroatoms. The Morgan fingerprint density at radius 3 is 2.58 bits per heavy atom. The van der Waals surface area contributed by atoms with Crippen LogP contribution in [-0.4, -0.2) is 11.0 Å². The molecule has 0 unspecified atom stereocenters. The molecule has 12 heavy (non-hydrogen) atoms. The summed E-state index contributed by atoms with van der Waals surface area (Å²) in [6, 6.07) is 2.14. The Morgan fingerprint density at radius 1 is 1.50 bits per heavy atom. The van der Waals surface area contributed by atoms with Gasteiger partial charge in [-0.05, 0) is 0 Å². The fraction of sp³-hybridized carbons (Fsp3) is 0.667. The Kier molecular flexibility index (Phi) is 2.78. The first-order valence-corrected chi connectivity index (χ1v) is 4.73. The van der Waals surface area contributed by atoms with Gasteiger partial charge in [0.2, 0.25) is 5.69 Å². The smallest absolute Gasteiger partial charge is 0.172 e. The third kappa shape index (κ3) is 2.24. The minimum atomic E-state index is 0.182. The first-order chi connectivity index (χ1) is 5.54. The van der Waals surface area contributed by atoms with Crippen LogP contribution in [0.5, 0.6) is 0 Å². The highest BCUT2D eigenvalue weighted by molar-refractivity contribution is 6.17. The predicted octanol–water partition coefficient (Wildman–Crippen LogP) is 1.91. The van der Waals surface area contributed by atoms with E-state index in [0.717, 1.165) is 6.42 Å². The van der Waals surface area contributed by atoms with Crippen molar-refractivity contribution in [1.82, 2.24) is 5.10 Å². The van der Waals surface area contributed by atoms with E-state index in [-0.39, 0.29) is 5.41 Å². The summed E-state index contributed by atoms with van der Waals surface area (Å²) in [5.74, 6) is 0.665. The van der Waals surface area contributed by atoms with E-state index in [2.05, 4.69) is 37.0 Å². The molecule has 1 aromatic heterocycles. The Bertz CT molecular complexity index is 247. The number of hydrogen-bond donors (Lipinski definition) is 1. The van der Waals surface area contributed by atoms with Crippen LogP contribution in [0, 0.1) is 0 Å². The highest BCUT2D eigenvalue weighted by Crippen LogP contribution is 2.17. The average Bonchev–Trinajstić information content (AvgIpc) is 2.35. The van der Waals surface area contributed by atoms with Crippen LogP contribution in [0.1, 0.15) is 32.2 Å². The highest BCUT2D eigenvalue weighted by Gasteiger charge is 2.22. The predicted molar refractivity (Wildman–Crippen MR) is 50.5 cm³/mol. The number of alkyl halides is 1. The molecule has 2 nitrogen and oxygen atoms in total. The van der Waals surface area contributed by atoms with Crippen molar-refractivity contribution in [2.45, 2.75) is 32.6 Å². The second-order valence-corrected chi connectivity index (χ2v) is 4.40. The SMILES string of the molecule is CC(C)(C)c1cc(CCCl)[nH][nH+]1. The molecule has 0 aliphatic rings. The number of aromatic amines is 2. The van der Waals surface area contributed by atoms with Crippen molar-refractivity contribution in [2.24, 2.45) is 0 Å². The summed E-state index contributed by atoms with van der Waals surface area (Å²) in [4.78, 5) is 0. The van der Waals surface area contributed by atoms with Crippen LogP contribution < -0.4 is 5.10 Å². The summed E-state index contributed by atoms with van der Waals surface area (Å²) in [6.45, 7) is 6.53. The molecular formula is C9H16ClN2+. The molecule has 0 saturated heterocycles. The summed E-state index contributed by atoms with van der Waals surface area (Å²) in [6.07, 6.45) is 0.897. The number of halogens is 1. The summed E-state index contributed by atoms with van der Waals surface area (Å²) in [5.41, 5.74) is 2.58. The van der Waals surface area contributed by atoms with Crippen molar-refractivity contribution in [1.29, 1.82) is 0 Å². The Hall–Kier alpha value is -0.500. The largest absolute Gasteiger partial charge is 0.210 e. The third-order valence-corrected chi connectivity index (χ3v) is 2.04. The molecular weight excluding hydrogens is 172 g/mol. The molecule has 2 N–H and O–H groups in total. The van der Waals surface area contributed by atoms with Crippen molar-refractivity contribution in [3.63, 3.8) is 0 Å². The lowest BCUT2D eigenvalue weighted by atomic mass is 9.92. The van der Waals surface area contributed by atoms with Crippen LogP contribution in [0.15, 0.2) is 6.07 Å². The molecule has 68 valence electrons. The van der Waals surface area contributed by atoms with E-state index < -0.39 is 0 Å². The molecule has 0 fully saturated rings. The number of aromatic nitrogens is 2. The molecule has 1 rings (SSSR count). The van der Waals surface area contributed by atoms with Crippen molar-refractivity contribution in [3.05, 3.63) is 17.5 Å². The molecule has 0 saturated carbocycles. The van der Waals surface area contributed by atoms with E-state index >= 15 is 0 Å². The first-order valence-electron chi connectivity index (χ1n) is 4.20. The molecule has 0 spiro atoms.